The summed E-state index contributed by atoms with van der Waals surface area (Å²) in [6, 6.07) is 0. The van der Waals surface area contributed by atoms with Gasteiger partial charge in [-0.3, -0.25) is 14.4 Å². The highest BCUT2D eigenvalue weighted by molar-refractivity contribution is 6.06. The van der Waals surface area contributed by atoms with E-state index in [1.807, 2.05) is 6.92 Å². The van der Waals surface area contributed by atoms with Gasteiger partial charge in [0, 0.05) is 6.42 Å². The normalized spacial score (nSPS) is 14.0. The molecule has 8 heteroatoms. The maximum Gasteiger partial charge on any atom is 0.340 e. The molecule has 0 radical (unpaired) electrons. The second-order valence-corrected chi connectivity index (χ2v) is 5.80. The summed E-state index contributed by atoms with van der Waals surface area (Å²) in [5.41, 5.74) is -2.67. The van der Waals surface area contributed by atoms with Crippen LogP contribution in [0.2, 0.25) is 0 Å². The van der Waals surface area contributed by atoms with Gasteiger partial charge in [-0.25, -0.2) is 4.79 Å². The first kappa shape index (κ1) is 24.0. The minimum atomic E-state index is -2.67. The van der Waals surface area contributed by atoms with E-state index in [0.717, 1.165) is 6.42 Å². The van der Waals surface area contributed by atoms with Crippen molar-refractivity contribution in [1.82, 2.24) is 0 Å². The highest BCUT2D eigenvalue weighted by atomic mass is 16.6. The fraction of sp³-hybridized carbons (Fsp3) is 0.778. The molecule has 0 spiro atoms. The van der Waals surface area contributed by atoms with Crippen molar-refractivity contribution in [3.05, 3.63) is 0 Å². The van der Waals surface area contributed by atoms with Crippen LogP contribution in [0.25, 0.3) is 0 Å². The highest BCUT2D eigenvalue weighted by Crippen LogP contribution is 2.28. The van der Waals surface area contributed by atoms with Crippen LogP contribution in [0.4, 0.5) is 0 Å². The zero-order valence-electron chi connectivity index (χ0n) is 16.0. The van der Waals surface area contributed by atoms with Crippen LogP contribution < -0.4 is 0 Å². The van der Waals surface area contributed by atoms with E-state index in [1.54, 1.807) is 6.92 Å². The SMILES string of the molecule is CCCCOC(=O)CC(O)(C(=O)OCC)C(C(=O)CCC)C(=O)OCC. The van der Waals surface area contributed by atoms with Gasteiger partial charge in [-0.15, -0.1) is 0 Å². The van der Waals surface area contributed by atoms with Crippen molar-refractivity contribution in [1.29, 1.82) is 0 Å². The van der Waals surface area contributed by atoms with E-state index in [4.69, 9.17) is 14.2 Å². The van der Waals surface area contributed by atoms with Crippen LogP contribution in [0.1, 0.15) is 59.8 Å². The van der Waals surface area contributed by atoms with Gasteiger partial charge in [-0.2, -0.15) is 0 Å². The van der Waals surface area contributed by atoms with Crippen LogP contribution in [-0.4, -0.2) is 54.2 Å². The molecule has 0 aliphatic heterocycles. The van der Waals surface area contributed by atoms with Gasteiger partial charge in [0.2, 0.25) is 0 Å². The molecule has 0 fully saturated rings. The van der Waals surface area contributed by atoms with Crippen molar-refractivity contribution in [2.24, 2.45) is 5.92 Å². The zero-order chi connectivity index (χ0) is 20.2. The summed E-state index contributed by atoms with van der Waals surface area (Å²) in [5.74, 6) is -5.73. The third-order valence-electron chi connectivity index (χ3n) is 3.62. The molecule has 0 bridgehead atoms. The van der Waals surface area contributed by atoms with Crippen LogP contribution in [0.15, 0.2) is 0 Å². The van der Waals surface area contributed by atoms with Crippen molar-refractivity contribution in [3.8, 4) is 0 Å². The average Bonchev–Trinajstić information content (AvgIpc) is 2.55. The maximum atomic E-state index is 12.4. The number of rotatable bonds is 13. The number of esters is 3. The monoisotopic (exact) mass is 374 g/mol. The largest absolute Gasteiger partial charge is 0.466 e. The fourth-order valence-electron chi connectivity index (χ4n) is 2.36. The fourth-order valence-corrected chi connectivity index (χ4v) is 2.36. The second-order valence-electron chi connectivity index (χ2n) is 5.80. The Morgan fingerprint density at radius 3 is 2.04 bits per heavy atom. The Balaban J connectivity index is 5.72. The van der Waals surface area contributed by atoms with Crippen LogP contribution in [0.5, 0.6) is 0 Å². The lowest BCUT2D eigenvalue weighted by Gasteiger charge is -2.30. The van der Waals surface area contributed by atoms with E-state index >= 15 is 0 Å². The predicted octanol–water partition coefficient (Wildman–Crippen LogP) is 1.56. The number of unbranched alkanes of at least 4 members (excludes halogenated alkanes) is 1. The molecule has 2 atom stereocenters. The van der Waals surface area contributed by atoms with Gasteiger partial charge in [0.25, 0.3) is 0 Å². The molecule has 0 aromatic rings. The third kappa shape index (κ3) is 7.11. The molecule has 0 aliphatic rings. The summed E-state index contributed by atoms with van der Waals surface area (Å²) in [7, 11) is 0. The molecule has 150 valence electrons. The number of carbonyl (C=O) groups excluding carboxylic acids is 4. The Morgan fingerprint density at radius 1 is 0.923 bits per heavy atom. The molecule has 8 nitrogen and oxygen atoms in total. The molecule has 0 saturated carbocycles. The molecule has 0 aromatic carbocycles. The molecule has 2 unspecified atom stereocenters. The van der Waals surface area contributed by atoms with Gasteiger partial charge in [0.1, 0.15) is 0 Å². The van der Waals surface area contributed by atoms with Crippen LogP contribution in [0.3, 0.4) is 0 Å². The van der Waals surface area contributed by atoms with Crippen LogP contribution in [-0.2, 0) is 33.4 Å². The van der Waals surface area contributed by atoms with E-state index in [2.05, 4.69) is 0 Å². The van der Waals surface area contributed by atoms with Gasteiger partial charge < -0.3 is 19.3 Å². The van der Waals surface area contributed by atoms with E-state index in [9.17, 15) is 24.3 Å². The van der Waals surface area contributed by atoms with Crippen LogP contribution >= 0.6 is 0 Å². The first-order chi connectivity index (χ1) is 12.3. The van der Waals surface area contributed by atoms with Crippen molar-refractivity contribution in [3.63, 3.8) is 0 Å². The average molecular weight is 374 g/mol. The molecular weight excluding hydrogens is 344 g/mol. The number of aliphatic hydroxyl groups is 1. The lowest BCUT2D eigenvalue weighted by Crippen LogP contribution is -2.55. The number of ketones is 1. The van der Waals surface area contributed by atoms with Crippen molar-refractivity contribution in [2.75, 3.05) is 19.8 Å². The molecular formula is C18H30O8. The summed E-state index contributed by atoms with van der Waals surface area (Å²) < 4.78 is 14.6. The first-order valence-electron chi connectivity index (χ1n) is 9.02. The Labute approximate surface area is 154 Å². The predicted molar refractivity (Wildman–Crippen MR) is 92.1 cm³/mol. The van der Waals surface area contributed by atoms with Gasteiger partial charge in [0.15, 0.2) is 17.3 Å². The Hall–Kier alpha value is -1.96. The minimum absolute atomic E-state index is 0.0470. The van der Waals surface area contributed by atoms with E-state index in [-0.39, 0.29) is 26.2 Å². The molecule has 0 amide bonds. The third-order valence-corrected chi connectivity index (χ3v) is 3.62. The van der Waals surface area contributed by atoms with Gasteiger partial charge in [0.05, 0.1) is 26.2 Å². The van der Waals surface area contributed by atoms with Crippen molar-refractivity contribution < 1.29 is 38.5 Å². The summed E-state index contributed by atoms with van der Waals surface area (Å²) >= 11 is 0. The Kier molecular flexibility index (Phi) is 11.5. The van der Waals surface area contributed by atoms with E-state index in [1.165, 1.54) is 13.8 Å². The quantitative estimate of drug-likeness (QED) is 0.223. The number of ether oxygens (including phenoxy) is 3. The van der Waals surface area contributed by atoms with Gasteiger partial charge in [-0.1, -0.05) is 20.3 Å². The smallest absolute Gasteiger partial charge is 0.340 e. The topological polar surface area (TPSA) is 116 Å². The standard InChI is InChI=1S/C18H30O8/c1-5-9-11-26-14(20)12-18(23,17(22)25-8-4)15(13(19)10-6-2)16(21)24-7-3/h15,23H,5-12H2,1-4H3. The molecule has 0 rings (SSSR count). The number of carbonyl (C=O) groups is 4. The summed E-state index contributed by atoms with van der Waals surface area (Å²) in [5, 5.41) is 10.9. The lowest BCUT2D eigenvalue weighted by atomic mass is 9.80. The molecule has 0 aromatic heterocycles. The molecule has 0 aliphatic carbocycles. The maximum absolute atomic E-state index is 12.4. The lowest BCUT2D eigenvalue weighted by molar-refractivity contribution is -0.187. The molecule has 0 saturated heterocycles. The number of hydrogen-bond donors (Lipinski definition) is 1. The van der Waals surface area contributed by atoms with Crippen molar-refractivity contribution >= 4 is 23.7 Å². The van der Waals surface area contributed by atoms with E-state index in [0.29, 0.717) is 12.8 Å². The van der Waals surface area contributed by atoms with E-state index < -0.39 is 41.6 Å². The number of hydrogen-bond acceptors (Lipinski definition) is 8. The highest BCUT2D eigenvalue weighted by Gasteiger charge is 2.55. The van der Waals surface area contributed by atoms with Gasteiger partial charge in [-0.05, 0) is 26.7 Å². The Morgan fingerprint density at radius 2 is 1.54 bits per heavy atom. The molecule has 26 heavy (non-hydrogen) atoms. The summed E-state index contributed by atoms with van der Waals surface area (Å²) in [6.07, 6.45) is 0.870. The Bertz CT molecular complexity index is 470. The second kappa shape index (κ2) is 12.4. The zero-order valence-corrected chi connectivity index (χ0v) is 16.0. The summed E-state index contributed by atoms with van der Waals surface area (Å²) in [6.45, 7) is 6.62. The summed E-state index contributed by atoms with van der Waals surface area (Å²) in [4.78, 5) is 49.1. The van der Waals surface area contributed by atoms with Gasteiger partial charge >= 0.3 is 17.9 Å². The number of Topliss-reactive ketones (excluding diaryl/α,β-unsaturated/α-hetero) is 1. The van der Waals surface area contributed by atoms with Crippen molar-refractivity contribution in [2.45, 2.75) is 65.4 Å². The minimum Gasteiger partial charge on any atom is -0.466 e. The molecule has 0 heterocycles. The van der Waals surface area contributed by atoms with Crippen LogP contribution in [0, 0.1) is 5.92 Å². The first-order valence-corrected chi connectivity index (χ1v) is 9.02. The molecule has 1 N–H and O–H groups in total.